The molecular formula is CHO2Tb-. The van der Waals surface area contributed by atoms with Crippen molar-refractivity contribution >= 4 is 6.47 Å². The topological polar surface area (TPSA) is 37.3 Å². The molecule has 0 rings (SSSR count). The third-order valence-corrected chi connectivity index (χ3v) is 0. The maximum atomic E-state index is 8.24. The van der Waals surface area contributed by atoms with E-state index in [4.69, 9.17) is 9.90 Å². The molecule has 1 radical (unpaired) electrons. The fraction of sp³-hybridized carbons (Fsp3) is 0. The zero-order chi connectivity index (χ0) is 2.71. The monoisotopic (exact) mass is 204 g/mol. The average Bonchev–Trinajstić information content (AvgIpc) is 0.918. The van der Waals surface area contributed by atoms with Crippen LogP contribution in [0.2, 0.25) is 0 Å². The van der Waals surface area contributed by atoms with Gasteiger partial charge in [0.2, 0.25) is 0 Å². The molecule has 3 heteroatoms. The van der Waals surface area contributed by atoms with Crippen LogP contribution in [0.5, 0.6) is 0 Å². The van der Waals surface area contributed by atoms with Gasteiger partial charge in [0.1, 0.15) is 0 Å². The summed E-state index contributed by atoms with van der Waals surface area (Å²) in [5, 5.41) is 6.76. The molecule has 0 spiro atoms. The summed E-state index contributed by atoms with van der Waals surface area (Å²) in [7, 11) is 0. The second-order valence-corrected chi connectivity index (χ2v) is 0.0913. The summed E-state index contributed by atoms with van der Waals surface area (Å²) in [6.07, 6.45) is 0. The van der Waals surface area contributed by atoms with Gasteiger partial charge in [-0.3, -0.25) is 0 Å². The molecule has 0 aromatic rings. The van der Waals surface area contributed by atoms with E-state index >= 15 is 0 Å². The van der Waals surface area contributed by atoms with Gasteiger partial charge in [-0.2, -0.15) is 0 Å². The molecule has 1 N–H and O–H groups in total. The van der Waals surface area contributed by atoms with Gasteiger partial charge in [-0.25, -0.2) is 0 Å². The van der Waals surface area contributed by atoms with Gasteiger partial charge in [0.25, 0.3) is 0 Å². The summed E-state index contributed by atoms with van der Waals surface area (Å²) < 4.78 is 0. The van der Waals surface area contributed by atoms with Crippen molar-refractivity contribution in [2.45, 2.75) is 0 Å². The van der Waals surface area contributed by atoms with Gasteiger partial charge in [0, 0.05) is 38.6 Å². The molecule has 0 aromatic carbocycles. The first-order chi connectivity index (χ1) is 1.41. The molecule has 0 unspecified atom stereocenters. The minimum Gasteiger partial charge on any atom is -0.665 e. The Morgan fingerprint density at radius 3 is 1.75 bits per heavy atom. The van der Waals surface area contributed by atoms with E-state index in [9.17, 15) is 0 Å². The van der Waals surface area contributed by atoms with Crippen LogP contribution in [0.3, 0.4) is 0 Å². The van der Waals surface area contributed by atoms with E-state index in [0.29, 0.717) is 6.47 Å². The largest absolute Gasteiger partial charge is 0.665 e. The molecule has 0 fully saturated rings. The molecule has 27 valence electrons. The summed E-state index contributed by atoms with van der Waals surface area (Å²) in [4.78, 5) is 8.24. The quantitative estimate of drug-likeness (QED) is 0.545. The zero-order valence-corrected chi connectivity index (χ0v) is 3.83. The Balaban J connectivity index is 0. The molecule has 4 heavy (non-hydrogen) atoms. The van der Waals surface area contributed by atoms with Gasteiger partial charge in [-0.05, 0) is 0 Å². The van der Waals surface area contributed by atoms with E-state index in [1.54, 1.807) is 0 Å². The van der Waals surface area contributed by atoms with Crippen LogP contribution in [0.1, 0.15) is 0 Å². The molecule has 2 nitrogen and oxygen atoms in total. The van der Waals surface area contributed by atoms with Gasteiger partial charge >= 0.3 is 0 Å². The average molecular weight is 204 g/mol. The molecule has 0 saturated carbocycles. The minimum absolute atomic E-state index is 0. The van der Waals surface area contributed by atoms with E-state index in [1.807, 2.05) is 0 Å². The van der Waals surface area contributed by atoms with Crippen LogP contribution in [0.15, 0.2) is 0 Å². The number of hydrogen-bond donors (Lipinski definition) is 1. The first kappa shape index (κ1) is 8.83. The van der Waals surface area contributed by atoms with Crippen molar-refractivity contribution in [1.82, 2.24) is 0 Å². The van der Waals surface area contributed by atoms with Gasteiger partial charge in [-0.1, -0.05) is 6.47 Å². The van der Waals surface area contributed by atoms with Gasteiger partial charge in [0.05, 0.1) is 0 Å². The van der Waals surface area contributed by atoms with Crippen molar-refractivity contribution in [2.24, 2.45) is 0 Å². The maximum absolute atomic E-state index is 8.24. The molecule has 0 saturated heterocycles. The molecule has 0 aliphatic rings. The van der Waals surface area contributed by atoms with E-state index in [2.05, 4.69) is 0 Å². The molecule has 0 aliphatic carbocycles. The van der Waals surface area contributed by atoms with E-state index in [-0.39, 0.29) is 38.6 Å². The standard InChI is InChI=1S/CHO2.Tb/c2-1-3;/h(H,2,3);/q-1;. The number of aliphatic hydroxyl groups excluding tert-OH is 1. The Bertz CT molecular complexity index is 13.5. The Labute approximate surface area is 54.6 Å². The van der Waals surface area contributed by atoms with E-state index in [0.717, 1.165) is 0 Å². The summed E-state index contributed by atoms with van der Waals surface area (Å²) >= 11 is 0. The van der Waals surface area contributed by atoms with Crippen LogP contribution in [0.25, 0.3) is 0 Å². The van der Waals surface area contributed by atoms with Gasteiger partial charge < -0.3 is 9.90 Å². The minimum atomic E-state index is 0. The second-order valence-electron chi connectivity index (χ2n) is 0.0913. The molecule has 0 aromatic heterocycles. The van der Waals surface area contributed by atoms with Crippen LogP contribution < -0.4 is 0 Å². The maximum Gasteiger partial charge on any atom is 0 e. The Morgan fingerprint density at radius 1 is 1.75 bits per heavy atom. The zero-order valence-electron chi connectivity index (χ0n) is 1.69. The van der Waals surface area contributed by atoms with E-state index in [1.165, 1.54) is 0 Å². The number of hydrogen-bond acceptors (Lipinski definition) is 1. The van der Waals surface area contributed by atoms with Crippen LogP contribution in [0, 0.1) is 38.6 Å². The van der Waals surface area contributed by atoms with Crippen molar-refractivity contribution in [3.05, 3.63) is 0 Å². The molecule has 0 amide bonds. The van der Waals surface area contributed by atoms with Crippen LogP contribution in [-0.2, 0) is 4.79 Å². The van der Waals surface area contributed by atoms with Crippen molar-refractivity contribution in [2.75, 3.05) is 0 Å². The molecule has 0 atom stereocenters. The Morgan fingerprint density at radius 2 is 1.75 bits per heavy atom. The molecule has 0 heterocycles. The van der Waals surface area contributed by atoms with Crippen molar-refractivity contribution in [3.8, 4) is 0 Å². The first-order valence-electron chi connectivity index (χ1n) is 0.428. The van der Waals surface area contributed by atoms with Gasteiger partial charge in [0.15, 0.2) is 0 Å². The Hall–Kier alpha value is 0.756. The smallest absolute Gasteiger partial charge is 0 e. The molecule has 0 bridgehead atoms. The summed E-state index contributed by atoms with van der Waals surface area (Å²) in [6.45, 7) is 0.500. The molecule has 0 aliphatic heterocycles. The second kappa shape index (κ2) is 9.25. The normalized spacial score (nSPS) is 3.00. The van der Waals surface area contributed by atoms with Crippen LogP contribution in [-0.4, -0.2) is 11.6 Å². The Kier molecular flexibility index (Phi) is 20.4. The summed E-state index contributed by atoms with van der Waals surface area (Å²) in [5.41, 5.74) is 0. The van der Waals surface area contributed by atoms with Crippen molar-refractivity contribution in [1.29, 1.82) is 0 Å². The van der Waals surface area contributed by atoms with Crippen molar-refractivity contribution in [3.63, 3.8) is 0 Å². The predicted molar refractivity (Wildman–Crippen MR) is 8.32 cm³/mol. The van der Waals surface area contributed by atoms with Gasteiger partial charge in [-0.15, -0.1) is 0 Å². The molecular weight excluding hydrogens is 203 g/mol. The number of rotatable bonds is 0. The predicted octanol–water partition coefficient (Wildman–Crippen LogP) is -0.388. The van der Waals surface area contributed by atoms with Crippen LogP contribution in [0.4, 0.5) is 0 Å². The third kappa shape index (κ3) is 14.9. The SMILES string of the molecule is O=[C-]O.[Tb]. The fourth-order valence-electron chi connectivity index (χ4n) is 0. The van der Waals surface area contributed by atoms with Crippen LogP contribution >= 0.6 is 0 Å². The van der Waals surface area contributed by atoms with Crippen molar-refractivity contribution < 1.29 is 48.5 Å². The summed E-state index contributed by atoms with van der Waals surface area (Å²) in [5.74, 6) is 0. The first-order valence-corrected chi connectivity index (χ1v) is 0.428. The van der Waals surface area contributed by atoms with E-state index < -0.39 is 0 Å². The third-order valence-electron chi connectivity index (χ3n) is 0. The summed E-state index contributed by atoms with van der Waals surface area (Å²) in [6, 6.07) is 0. The fourth-order valence-corrected chi connectivity index (χ4v) is 0.